The van der Waals surface area contributed by atoms with Gasteiger partial charge >= 0.3 is 0 Å². The quantitative estimate of drug-likeness (QED) is 0.383. The maximum atomic E-state index is 13.5. The van der Waals surface area contributed by atoms with Gasteiger partial charge in [0.15, 0.2) is 21.2 Å². The molecule has 10 heteroatoms. The molecule has 1 saturated carbocycles. The molecule has 6 unspecified atom stereocenters. The number of allylic oxidation sites excluding steroid dienone is 2. The van der Waals surface area contributed by atoms with E-state index in [0.29, 0.717) is 12.2 Å². The van der Waals surface area contributed by atoms with Crippen LogP contribution in [0.2, 0.25) is 0 Å². The molecule has 6 atom stereocenters. The number of hydrogen-bond acceptors (Lipinski definition) is 6. The molecular formula is C24H24Cl2N2O6. The Kier molecular flexibility index (Phi) is 5.08. The van der Waals surface area contributed by atoms with Gasteiger partial charge in [0.05, 0.1) is 18.4 Å². The number of para-hydroxylation sites is 1. The Morgan fingerprint density at radius 1 is 1.06 bits per heavy atom. The van der Waals surface area contributed by atoms with Crippen LogP contribution in [0.4, 0.5) is 0 Å². The lowest BCUT2D eigenvalue weighted by Gasteiger charge is -2.50. The second-order valence-electron chi connectivity index (χ2n) is 9.36. The first kappa shape index (κ1) is 23.2. The first-order valence-electron chi connectivity index (χ1n) is 11.2. The fourth-order valence-corrected chi connectivity index (χ4v) is 7.30. The second kappa shape index (κ2) is 7.46. The maximum Gasteiger partial charge on any atom is 0.253 e. The molecule has 2 aliphatic carbocycles. The van der Waals surface area contributed by atoms with Crippen LogP contribution >= 0.6 is 23.2 Å². The summed E-state index contributed by atoms with van der Waals surface area (Å²) in [7, 11) is 2.77. The van der Waals surface area contributed by atoms with Gasteiger partial charge in [0.25, 0.3) is 11.8 Å². The number of ether oxygens (including phenoxy) is 1. The maximum absolute atomic E-state index is 13.5. The van der Waals surface area contributed by atoms with Crippen LogP contribution in [-0.4, -0.2) is 69.0 Å². The highest BCUT2D eigenvalue weighted by Crippen LogP contribution is 2.66. The average molecular weight is 507 g/mol. The van der Waals surface area contributed by atoms with Crippen molar-refractivity contribution in [3.05, 3.63) is 35.4 Å². The predicted octanol–water partition coefficient (Wildman–Crippen LogP) is 2.41. The van der Waals surface area contributed by atoms with Gasteiger partial charge in [-0.2, -0.15) is 0 Å². The van der Waals surface area contributed by atoms with Gasteiger partial charge in [-0.05, 0) is 31.7 Å². The Morgan fingerprint density at radius 2 is 1.76 bits per heavy atom. The highest BCUT2D eigenvalue weighted by atomic mass is 35.5. The average Bonchev–Trinajstić information content (AvgIpc) is 3.11. The number of phenols is 1. The number of hydrogen-bond donors (Lipinski definition) is 1. The molecular weight excluding hydrogens is 483 g/mol. The minimum Gasteiger partial charge on any atom is -0.504 e. The van der Waals surface area contributed by atoms with Gasteiger partial charge < -0.3 is 9.84 Å². The minimum atomic E-state index is -1.94. The molecule has 2 aliphatic heterocycles. The van der Waals surface area contributed by atoms with Crippen molar-refractivity contribution in [2.75, 3.05) is 20.7 Å². The number of fused-ring (bicyclic) bond motifs is 4. The van der Waals surface area contributed by atoms with Crippen molar-refractivity contribution < 1.29 is 29.0 Å². The fourth-order valence-electron chi connectivity index (χ4n) is 6.29. The molecule has 0 radical (unpaired) electrons. The smallest absolute Gasteiger partial charge is 0.253 e. The lowest BCUT2D eigenvalue weighted by atomic mass is 9.56. The van der Waals surface area contributed by atoms with Crippen molar-refractivity contribution in [3.63, 3.8) is 0 Å². The third-order valence-corrected chi connectivity index (χ3v) is 9.29. The summed E-state index contributed by atoms with van der Waals surface area (Å²) in [5, 5.41) is 11.1. The molecule has 2 heterocycles. The number of nitrogens with zero attached hydrogens (tertiary/aromatic N) is 2. The van der Waals surface area contributed by atoms with E-state index in [9.17, 15) is 24.3 Å². The van der Waals surface area contributed by atoms with Gasteiger partial charge in [0, 0.05) is 25.6 Å². The molecule has 3 fully saturated rings. The number of benzene rings is 1. The van der Waals surface area contributed by atoms with Crippen molar-refractivity contribution in [3.8, 4) is 11.5 Å². The molecule has 4 amide bonds. The zero-order valence-electron chi connectivity index (χ0n) is 18.9. The Hall–Kier alpha value is -2.58. The van der Waals surface area contributed by atoms with Gasteiger partial charge in [-0.15, -0.1) is 23.2 Å². The molecule has 0 aromatic heterocycles. The second-order valence-corrected chi connectivity index (χ2v) is 10.6. The molecule has 0 spiro atoms. The van der Waals surface area contributed by atoms with Crippen LogP contribution in [0.15, 0.2) is 29.8 Å². The summed E-state index contributed by atoms with van der Waals surface area (Å²) in [5.41, 5.74) is 0.909. The first-order chi connectivity index (χ1) is 16.0. The molecule has 2 saturated heterocycles. The number of halogens is 2. The Balaban J connectivity index is 1.76. The van der Waals surface area contributed by atoms with Crippen LogP contribution in [0.1, 0.15) is 31.2 Å². The molecule has 8 nitrogen and oxygen atoms in total. The summed E-state index contributed by atoms with van der Waals surface area (Å²) in [5.74, 6) is -4.86. The molecule has 0 bridgehead atoms. The molecule has 34 heavy (non-hydrogen) atoms. The number of phenolic OH excluding ortho intramolecular Hbond substituents is 1. The van der Waals surface area contributed by atoms with Gasteiger partial charge in [-0.25, -0.2) is 0 Å². The van der Waals surface area contributed by atoms with E-state index in [-0.39, 0.29) is 41.7 Å². The number of carbonyl (C=O) groups is 4. The van der Waals surface area contributed by atoms with E-state index in [0.717, 1.165) is 9.80 Å². The molecule has 4 aliphatic rings. The summed E-state index contributed by atoms with van der Waals surface area (Å²) < 4.78 is 5.54. The van der Waals surface area contributed by atoms with E-state index in [2.05, 4.69) is 0 Å². The number of rotatable bonds is 3. The zero-order chi connectivity index (χ0) is 24.7. The summed E-state index contributed by atoms with van der Waals surface area (Å²) in [6.07, 6.45) is 2.04. The highest BCUT2D eigenvalue weighted by molar-refractivity contribution is 6.53. The number of amides is 4. The van der Waals surface area contributed by atoms with E-state index >= 15 is 0 Å². The normalized spacial score (nSPS) is 36.9. The lowest BCUT2D eigenvalue weighted by molar-refractivity contribution is -0.140. The largest absolute Gasteiger partial charge is 0.504 e. The third kappa shape index (κ3) is 2.61. The van der Waals surface area contributed by atoms with Crippen LogP contribution in [0.3, 0.4) is 0 Å². The lowest BCUT2D eigenvalue weighted by Crippen LogP contribution is -2.60. The van der Waals surface area contributed by atoms with Crippen molar-refractivity contribution in [1.82, 2.24) is 9.80 Å². The van der Waals surface area contributed by atoms with E-state index in [1.807, 2.05) is 6.08 Å². The minimum absolute atomic E-state index is 0.0742. The summed E-state index contributed by atoms with van der Waals surface area (Å²) in [6.45, 7) is 2.07. The number of aromatic hydroxyl groups is 1. The number of likely N-dealkylation sites (tertiary alicyclic amines) is 2. The van der Waals surface area contributed by atoms with Gasteiger partial charge in [-0.3, -0.25) is 29.0 Å². The topological polar surface area (TPSA) is 104 Å². The van der Waals surface area contributed by atoms with Crippen LogP contribution < -0.4 is 4.74 Å². The van der Waals surface area contributed by atoms with Gasteiger partial charge in [-0.1, -0.05) is 23.8 Å². The zero-order valence-corrected chi connectivity index (χ0v) is 20.4. The van der Waals surface area contributed by atoms with Crippen LogP contribution in [0.5, 0.6) is 11.5 Å². The summed E-state index contributed by atoms with van der Waals surface area (Å²) in [6, 6.07) is 4.86. The Morgan fingerprint density at radius 3 is 2.44 bits per heavy atom. The van der Waals surface area contributed by atoms with Gasteiger partial charge in [0.1, 0.15) is 0 Å². The van der Waals surface area contributed by atoms with E-state index < -0.39 is 45.2 Å². The van der Waals surface area contributed by atoms with E-state index in [1.165, 1.54) is 14.1 Å². The van der Waals surface area contributed by atoms with Crippen molar-refractivity contribution in [1.29, 1.82) is 0 Å². The molecule has 5 rings (SSSR count). The van der Waals surface area contributed by atoms with E-state index in [4.69, 9.17) is 27.9 Å². The first-order valence-corrected chi connectivity index (χ1v) is 11.9. The fraction of sp³-hybridized carbons (Fsp3) is 0.500. The number of alkyl halides is 2. The van der Waals surface area contributed by atoms with Gasteiger partial charge in [0.2, 0.25) is 11.8 Å². The Labute approximate surface area is 206 Å². The predicted molar refractivity (Wildman–Crippen MR) is 123 cm³/mol. The Bertz CT molecular complexity index is 1180. The molecule has 1 N–H and O–H groups in total. The summed E-state index contributed by atoms with van der Waals surface area (Å²) in [4.78, 5) is 50.8. The van der Waals surface area contributed by atoms with Crippen LogP contribution in [0, 0.1) is 17.8 Å². The van der Waals surface area contributed by atoms with Crippen LogP contribution in [-0.2, 0) is 19.2 Å². The van der Waals surface area contributed by atoms with Crippen molar-refractivity contribution >= 4 is 46.8 Å². The molecule has 1 aromatic carbocycles. The molecule has 180 valence electrons. The standard InChI is InChI=1S/C24H24Cl2N2O6/c1-4-34-15-7-5-6-13(18(15)29)17-11-8-9-12-16(20(31)27(2)19(12)30)14(11)10-23(25)21(32)28(3)22(33)24(17,23)26/h5-8,12,14,16-17,29H,4,9-10H2,1-3H3. The number of carbonyl (C=O) groups excluding carboxylic acids is 4. The molecule has 1 aromatic rings. The third-order valence-electron chi connectivity index (χ3n) is 7.88. The van der Waals surface area contributed by atoms with Crippen molar-refractivity contribution in [2.24, 2.45) is 17.8 Å². The summed E-state index contributed by atoms with van der Waals surface area (Å²) >= 11 is 14.1. The monoisotopic (exact) mass is 506 g/mol. The highest BCUT2D eigenvalue weighted by Gasteiger charge is 2.76. The number of imide groups is 2. The SMILES string of the molecule is CCOc1cccc(C2C3=CCC4C(=O)N(C)C(=O)C4C3CC3(Cl)C(=O)N(C)C(=O)C23Cl)c1O. The van der Waals surface area contributed by atoms with Crippen LogP contribution in [0.25, 0.3) is 0 Å². The van der Waals surface area contributed by atoms with E-state index in [1.54, 1.807) is 25.1 Å². The van der Waals surface area contributed by atoms with Crippen molar-refractivity contribution in [2.45, 2.75) is 35.4 Å².